The van der Waals surface area contributed by atoms with E-state index in [0.29, 0.717) is 24.3 Å². The number of pyridine rings is 1. The van der Waals surface area contributed by atoms with Gasteiger partial charge in [0.1, 0.15) is 12.0 Å². The largest absolute Gasteiger partial charge is 0.355 e. The number of anilines is 2. The lowest BCUT2D eigenvalue weighted by molar-refractivity contribution is 0.657. The molecule has 3 aromatic rings. The van der Waals surface area contributed by atoms with E-state index in [9.17, 15) is 0 Å². The maximum atomic E-state index is 5.59. The fourth-order valence-corrected chi connectivity index (χ4v) is 4.24. The first-order chi connectivity index (χ1) is 17.3. The Balaban J connectivity index is 1.69. The van der Waals surface area contributed by atoms with E-state index < -0.39 is 0 Å². The molecule has 0 radical (unpaired) electrons. The molecule has 1 atom stereocenters. The van der Waals surface area contributed by atoms with Crippen molar-refractivity contribution < 1.29 is 0 Å². The van der Waals surface area contributed by atoms with Gasteiger partial charge in [-0.25, -0.2) is 19.9 Å². The number of hydrogen-bond acceptors (Lipinski definition) is 9. The van der Waals surface area contributed by atoms with E-state index in [1.807, 2.05) is 32.9 Å². The van der Waals surface area contributed by atoms with E-state index in [4.69, 9.17) is 20.1 Å². The number of aromatic nitrogens is 5. The summed E-state index contributed by atoms with van der Waals surface area (Å²) in [6, 6.07) is 4.19. The molecule has 1 fully saturated rings. The van der Waals surface area contributed by atoms with E-state index in [0.717, 1.165) is 69.8 Å². The molecule has 0 aliphatic heterocycles. The van der Waals surface area contributed by atoms with Gasteiger partial charge >= 0.3 is 0 Å². The van der Waals surface area contributed by atoms with Crippen LogP contribution in [0.1, 0.15) is 68.7 Å². The van der Waals surface area contributed by atoms with Gasteiger partial charge < -0.3 is 10.2 Å². The number of nitrogens with one attached hydrogen (secondary N) is 1. The fourth-order valence-electron chi connectivity index (χ4n) is 3.98. The first-order valence-corrected chi connectivity index (χ1v) is 13.2. The first-order valence-electron chi connectivity index (χ1n) is 12.3. The molecule has 9 nitrogen and oxygen atoms in total. The van der Waals surface area contributed by atoms with Crippen LogP contribution in [-0.4, -0.2) is 43.8 Å². The number of hydrogen-bond donors (Lipinski definition) is 2. The SMILES string of the molecule is CC[C@@H](C)N(C)c1nc(-c2c(C)ncnc2C2CC2)nc(C)c1NC(C)=NCc1ccc(SN)cn1. The summed E-state index contributed by atoms with van der Waals surface area (Å²) in [6.45, 7) is 10.8. The van der Waals surface area contributed by atoms with Crippen molar-refractivity contribution in [2.45, 2.75) is 77.3 Å². The smallest absolute Gasteiger partial charge is 0.165 e. The van der Waals surface area contributed by atoms with Crippen molar-refractivity contribution in [1.82, 2.24) is 24.9 Å². The molecule has 0 aromatic carbocycles. The van der Waals surface area contributed by atoms with Crippen molar-refractivity contribution in [1.29, 1.82) is 0 Å². The molecule has 3 heterocycles. The lowest BCUT2D eigenvalue weighted by Gasteiger charge is -2.28. The van der Waals surface area contributed by atoms with Crippen molar-refractivity contribution in [3.05, 3.63) is 47.4 Å². The Morgan fingerprint density at radius 1 is 1.19 bits per heavy atom. The summed E-state index contributed by atoms with van der Waals surface area (Å²) < 4.78 is 0. The van der Waals surface area contributed by atoms with Gasteiger partial charge in [-0.3, -0.25) is 15.1 Å². The zero-order chi connectivity index (χ0) is 25.8. The lowest BCUT2D eigenvalue weighted by atomic mass is 10.1. The maximum absolute atomic E-state index is 5.59. The second-order valence-electron chi connectivity index (χ2n) is 9.32. The lowest BCUT2D eigenvalue weighted by Crippen LogP contribution is -2.30. The topological polar surface area (TPSA) is 118 Å². The highest BCUT2D eigenvalue weighted by Crippen LogP contribution is 2.44. The molecular formula is C26H35N9S. The third kappa shape index (κ3) is 5.82. The van der Waals surface area contributed by atoms with Gasteiger partial charge in [0.05, 0.1) is 40.7 Å². The number of aliphatic imine (C=N–C) groups is 1. The summed E-state index contributed by atoms with van der Waals surface area (Å²) in [7, 11) is 2.08. The Morgan fingerprint density at radius 2 is 1.97 bits per heavy atom. The summed E-state index contributed by atoms with van der Waals surface area (Å²) in [4.78, 5) is 31.4. The summed E-state index contributed by atoms with van der Waals surface area (Å²) in [5.74, 6) is 2.76. The van der Waals surface area contributed by atoms with Gasteiger partial charge in [-0.2, -0.15) is 0 Å². The van der Waals surface area contributed by atoms with Gasteiger partial charge in [-0.15, -0.1) is 0 Å². The molecular weight excluding hydrogens is 470 g/mol. The Labute approximate surface area is 217 Å². The molecule has 190 valence electrons. The van der Waals surface area contributed by atoms with Crippen molar-refractivity contribution in [2.24, 2.45) is 10.1 Å². The third-order valence-corrected chi connectivity index (χ3v) is 7.14. The first kappa shape index (κ1) is 26.0. The van der Waals surface area contributed by atoms with Crippen molar-refractivity contribution in [2.75, 3.05) is 17.3 Å². The highest BCUT2D eigenvalue weighted by atomic mass is 32.2. The number of amidine groups is 1. The number of rotatable bonds is 9. The van der Waals surface area contributed by atoms with Crippen molar-refractivity contribution in [3.63, 3.8) is 0 Å². The summed E-state index contributed by atoms with van der Waals surface area (Å²) in [5.41, 5.74) is 5.52. The maximum Gasteiger partial charge on any atom is 0.165 e. The van der Waals surface area contributed by atoms with Crippen LogP contribution in [0.25, 0.3) is 11.4 Å². The molecule has 4 rings (SSSR count). The second-order valence-corrected chi connectivity index (χ2v) is 10.0. The minimum Gasteiger partial charge on any atom is -0.355 e. The van der Waals surface area contributed by atoms with Crippen LogP contribution in [0.15, 0.2) is 34.5 Å². The molecule has 1 aliphatic rings. The third-order valence-electron chi connectivity index (χ3n) is 6.63. The van der Waals surface area contributed by atoms with E-state index in [2.05, 4.69) is 46.1 Å². The van der Waals surface area contributed by atoms with Crippen LogP contribution in [0.5, 0.6) is 0 Å². The molecule has 0 saturated heterocycles. The fraction of sp³-hybridized carbons (Fsp3) is 0.462. The predicted octanol–water partition coefficient (Wildman–Crippen LogP) is 5.05. The Kier molecular flexibility index (Phi) is 8.15. The van der Waals surface area contributed by atoms with Gasteiger partial charge in [-0.1, -0.05) is 6.92 Å². The Morgan fingerprint density at radius 3 is 2.61 bits per heavy atom. The molecule has 0 bridgehead atoms. The van der Waals surface area contributed by atoms with Gasteiger partial charge in [-0.05, 0) is 71.0 Å². The van der Waals surface area contributed by atoms with Crippen LogP contribution < -0.4 is 15.4 Å². The zero-order valence-electron chi connectivity index (χ0n) is 21.9. The van der Waals surface area contributed by atoms with Gasteiger partial charge in [0, 0.05) is 30.1 Å². The monoisotopic (exact) mass is 505 g/mol. The molecule has 0 amide bonds. The summed E-state index contributed by atoms with van der Waals surface area (Å²) in [5, 5.41) is 9.06. The normalized spacial score (nSPS) is 14.6. The standard InChI is InChI=1S/C26H35N9S/c1-7-15(2)35(6)26-23(33-18(5)28-12-20-10-11-21(36-27)13-29-20)17(4)32-25(34-26)22-16(3)30-14-31-24(22)19-8-9-19/h10-11,13-15,19H,7-9,12,27H2,1-6H3,(H,28,33)/t15-/m1/s1. The van der Waals surface area contributed by atoms with E-state index >= 15 is 0 Å². The number of nitrogens with two attached hydrogens (primary N) is 1. The van der Waals surface area contributed by atoms with E-state index in [1.54, 1.807) is 12.5 Å². The van der Waals surface area contributed by atoms with Crippen LogP contribution in [0.4, 0.5) is 11.5 Å². The molecule has 1 aliphatic carbocycles. The average molecular weight is 506 g/mol. The van der Waals surface area contributed by atoms with Crippen molar-refractivity contribution in [3.8, 4) is 11.4 Å². The molecule has 0 unspecified atom stereocenters. The minimum absolute atomic E-state index is 0.295. The molecule has 0 spiro atoms. The Hall–Kier alpha value is -3.11. The number of aryl methyl sites for hydroxylation is 2. The van der Waals surface area contributed by atoms with Gasteiger partial charge in [0.15, 0.2) is 11.6 Å². The van der Waals surface area contributed by atoms with Crippen LogP contribution in [0.3, 0.4) is 0 Å². The van der Waals surface area contributed by atoms with E-state index in [-0.39, 0.29) is 0 Å². The minimum atomic E-state index is 0.295. The summed E-state index contributed by atoms with van der Waals surface area (Å²) in [6.07, 6.45) is 6.71. The number of nitrogens with zero attached hydrogens (tertiary/aromatic N) is 7. The van der Waals surface area contributed by atoms with Crippen molar-refractivity contribution >= 4 is 29.3 Å². The van der Waals surface area contributed by atoms with E-state index in [1.165, 1.54) is 11.9 Å². The highest BCUT2D eigenvalue weighted by Gasteiger charge is 2.31. The highest BCUT2D eigenvalue weighted by molar-refractivity contribution is 7.97. The second kappa shape index (κ2) is 11.3. The predicted molar refractivity (Wildman–Crippen MR) is 147 cm³/mol. The van der Waals surface area contributed by atoms with Crippen LogP contribution in [-0.2, 0) is 6.54 Å². The van der Waals surface area contributed by atoms with Crippen LogP contribution in [0, 0.1) is 13.8 Å². The van der Waals surface area contributed by atoms with Crippen LogP contribution in [0.2, 0.25) is 0 Å². The molecule has 36 heavy (non-hydrogen) atoms. The quantitative estimate of drug-likeness (QED) is 0.234. The molecule has 3 N–H and O–H groups in total. The van der Waals surface area contributed by atoms with Crippen LogP contribution >= 0.6 is 11.9 Å². The molecule has 10 heteroatoms. The average Bonchev–Trinajstić information content (AvgIpc) is 3.73. The zero-order valence-corrected chi connectivity index (χ0v) is 22.7. The molecule has 1 saturated carbocycles. The molecule has 3 aromatic heterocycles. The Bertz CT molecular complexity index is 1240. The van der Waals surface area contributed by atoms with Gasteiger partial charge in [0.25, 0.3) is 0 Å². The van der Waals surface area contributed by atoms with Gasteiger partial charge in [0.2, 0.25) is 0 Å². The summed E-state index contributed by atoms with van der Waals surface area (Å²) >= 11 is 1.18.